The van der Waals surface area contributed by atoms with Crippen LogP contribution in [-0.2, 0) is 12.8 Å². The Morgan fingerprint density at radius 3 is 1.31 bits per heavy atom. The zero-order chi connectivity index (χ0) is 21.7. The first-order chi connectivity index (χ1) is 15.8. The van der Waals surface area contributed by atoms with Crippen molar-refractivity contribution in [3.63, 3.8) is 0 Å². The summed E-state index contributed by atoms with van der Waals surface area (Å²) in [6.45, 7) is 4.54. The molecule has 0 fully saturated rings. The van der Waals surface area contributed by atoms with Gasteiger partial charge >= 0.3 is 0 Å². The minimum Gasteiger partial charge on any atom is -0.135 e. The van der Waals surface area contributed by atoms with E-state index in [4.69, 9.17) is 0 Å². The molecule has 2 heteroatoms. The molecule has 0 radical (unpaired) electrons. The molecule has 0 saturated carbocycles. The molecule has 0 aliphatic rings. The first kappa shape index (κ1) is 20.2. The maximum absolute atomic E-state index is 2.44. The van der Waals surface area contributed by atoms with Gasteiger partial charge in [0.1, 0.15) is 0 Å². The van der Waals surface area contributed by atoms with E-state index in [2.05, 4.69) is 74.5 Å². The number of benzene rings is 4. The lowest BCUT2D eigenvalue weighted by Gasteiger charge is -2.03. The monoisotopic (exact) mass is 452 g/mol. The highest BCUT2D eigenvalue weighted by Crippen LogP contribution is 2.44. The van der Waals surface area contributed by atoms with Gasteiger partial charge in [0.25, 0.3) is 0 Å². The van der Waals surface area contributed by atoms with Crippen molar-refractivity contribution in [1.29, 1.82) is 0 Å². The summed E-state index contributed by atoms with van der Waals surface area (Å²) in [6.07, 6.45) is 7.39. The van der Waals surface area contributed by atoms with E-state index in [9.17, 15) is 0 Å². The van der Waals surface area contributed by atoms with Crippen LogP contribution < -0.4 is 0 Å². The Kier molecular flexibility index (Phi) is 5.16. The SMILES string of the molecule is CCCCc1ccc2sc3c(ccc4c3ccc3c5cc(CCCC)ccc5sc34)c2c1. The summed E-state index contributed by atoms with van der Waals surface area (Å²) in [6, 6.07) is 23.7. The lowest BCUT2D eigenvalue weighted by molar-refractivity contribution is 0.796. The van der Waals surface area contributed by atoms with Gasteiger partial charge in [-0.2, -0.15) is 0 Å². The van der Waals surface area contributed by atoms with Crippen LogP contribution in [0.1, 0.15) is 50.7 Å². The highest BCUT2D eigenvalue weighted by atomic mass is 32.1. The van der Waals surface area contributed by atoms with Crippen LogP contribution >= 0.6 is 22.7 Å². The van der Waals surface area contributed by atoms with Crippen LogP contribution in [0.15, 0.2) is 60.7 Å². The largest absolute Gasteiger partial charge is 0.135 e. The zero-order valence-electron chi connectivity index (χ0n) is 18.8. The third-order valence-electron chi connectivity index (χ3n) is 6.83. The van der Waals surface area contributed by atoms with Gasteiger partial charge in [-0.15, -0.1) is 22.7 Å². The van der Waals surface area contributed by atoms with Gasteiger partial charge in [-0.3, -0.25) is 0 Å². The Labute approximate surface area is 197 Å². The van der Waals surface area contributed by atoms with Crippen molar-refractivity contribution in [2.45, 2.75) is 52.4 Å². The summed E-state index contributed by atoms with van der Waals surface area (Å²) in [5, 5.41) is 8.50. The maximum atomic E-state index is 2.44. The molecular weight excluding hydrogens is 424 g/mol. The minimum absolute atomic E-state index is 1.18. The van der Waals surface area contributed by atoms with Crippen LogP contribution in [0.3, 0.4) is 0 Å². The Bertz CT molecular complexity index is 1470. The summed E-state index contributed by atoms with van der Waals surface area (Å²) in [5.74, 6) is 0. The van der Waals surface area contributed by atoms with Gasteiger partial charge in [-0.05, 0) is 61.1 Å². The molecule has 160 valence electrons. The molecule has 0 spiro atoms. The molecule has 2 aromatic heterocycles. The summed E-state index contributed by atoms with van der Waals surface area (Å²) >= 11 is 3.91. The number of thiophene rings is 2. The van der Waals surface area contributed by atoms with E-state index in [1.165, 1.54) is 101 Å². The molecule has 6 rings (SSSR count). The zero-order valence-corrected chi connectivity index (χ0v) is 20.5. The first-order valence-electron chi connectivity index (χ1n) is 12.0. The van der Waals surface area contributed by atoms with Gasteiger partial charge < -0.3 is 0 Å². The molecule has 0 nitrogen and oxygen atoms in total. The van der Waals surface area contributed by atoms with Crippen LogP contribution in [-0.4, -0.2) is 0 Å². The summed E-state index contributed by atoms with van der Waals surface area (Å²) in [4.78, 5) is 0. The first-order valence-corrected chi connectivity index (χ1v) is 13.6. The highest BCUT2D eigenvalue weighted by Gasteiger charge is 2.14. The second-order valence-corrected chi connectivity index (χ2v) is 11.2. The second-order valence-electron chi connectivity index (χ2n) is 9.05. The van der Waals surface area contributed by atoms with E-state index in [0.29, 0.717) is 0 Å². The smallest absolute Gasteiger partial charge is 0.0434 e. The number of fused-ring (bicyclic) bond motifs is 9. The van der Waals surface area contributed by atoms with E-state index in [1.807, 2.05) is 22.7 Å². The number of hydrogen-bond donors (Lipinski definition) is 0. The van der Waals surface area contributed by atoms with Crippen molar-refractivity contribution in [2.24, 2.45) is 0 Å². The number of hydrogen-bond acceptors (Lipinski definition) is 2. The minimum atomic E-state index is 1.18. The van der Waals surface area contributed by atoms with Crippen LogP contribution in [0.5, 0.6) is 0 Å². The number of aryl methyl sites for hydroxylation is 2. The normalized spacial score (nSPS) is 12.2. The van der Waals surface area contributed by atoms with E-state index in [-0.39, 0.29) is 0 Å². The average Bonchev–Trinajstić information content (AvgIpc) is 3.39. The topological polar surface area (TPSA) is 0 Å². The van der Waals surface area contributed by atoms with Crippen LogP contribution in [0.4, 0.5) is 0 Å². The third kappa shape index (κ3) is 3.24. The third-order valence-corrected chi connectivity index (χ3v) is 9.27. The molecule has 0 atom stereocenters. The van der Waals surface area contributed by atoms with Gasteiger partial charge in [-0.25, -0.2) is 0 Å². The Morgan fingerprint density at radius 1 is 0.500 bits per heavy atom. The molecule has 0 aliphatic heterocycles. The Hall–Kier alpha value is -2.42. The molecule has 0 unspecified atom stereocenters. The van der Waals surface area contributed by atoms with E-state index < -0.39 is 0 Å². The average molecular weight is 453 g/mol. The molecule has 32 heavy (non-hydrogen) atoms. The van der Waals surface area contributed by atoms with Crippen molar-refractivity contribution in [3.8, 4) is 0 Å². The Balaban J connectivity index is 1.56. The van der Waals surface area contributed by atoms with Gasteiger partial charge in [0, 0.05) is 51.1 Å². The highest BCUT2D eigenvalue weighted by molar-refractivity contribution is 7.28. The number of unbranched alkanes of at least 4 members (excludes halogenated alkanes) is 2. The fourth-order valence-corrected chi connectivity index (χ4v) is 7.46. The standard InChI is InChI=1S/C30H28S2/c1-3-5-7-19-9-15-27-25(17-19)23-13-11-22-21(29(23)31-27)12-14-24-26-18-20(8-6-4-2)10-16-28(26)32-30(22)24/h9-18H,3-8H2,1-2H3. The van der Waals surface area contributed by atoms with Gasteiger partial charge in [0.15, 0.2) is 0 Å². The summed E-state index contributed by atoms with van der Waals surface area (Å²) in [5.41, 5.74) is 2.94. The molecule has 4 aromatic carbocycles. The predicted molar refractivity (Wildman–Crippen MR) is 147 cm³/mol. The van der Waals surface area contributed by atoms with Crippen LogP contribution in [0.25, 0.3) is 51.1 Å². The van der Waals surface area contributed by atoms with Gasteiger partial charge in [-0.1, -0.05) is 63.1 Å². The molecule has 0 saturated heterocycles. The summed E-state index contributed by atoms with van der Waals surface area (Å²) < 4.78 is 5.69. The number of rotatable bonds is 6. The molecule has 2 heterocycles. The van der Waals surface area contributed by atoms with Crippen molar-refractivity contribution in [2.75, 3.05) is 0 Å². The molecule has 0 aliphatic carbocycles. The predicted octanol–water partition coefficient (Wildman–Crippen LogP) is 10.3. The molecule has 0 bridgehead atoms. The van der Waals surface area contributed by atoms with Crippen molar-refractivity contribution < 1.29 is 0 Å². The lowest BCUT2D eigenvalue weighted by atomic mass is 10.0. The lowest BCUT2D eigenvalue weighted by Crippen LogP contribution is -1.83. The van der Waals surface area contributed by atoms with E-state index in [0.717, 1.165) is 0 Å². The van der Waals surface area contributed by atoms with Crippen LogP contribution in [0.2, 0.25) is 0 Å². The van der Waals surface area contributed by atoms with Crippen molar-refractivity contribution in [1.82, 2.24) is 0 Å². The maximum Gasteiger partial charge on any atom is 0.0434 e. The van der Waals surface area contributed by atoms with Crippen molar-refractivity contribution >= 4 is 73.8 Å². The van der Waals surface area contributed by atoms with Crippen LogP contribution in [0, 0.1) is 0 Å². The van der Waals surface area contributed by atoms with Gasteiger partial charge in [0.05, 0.1) is 0 Å². The van der Waals surface area contributed by atoms with Crippen molar-refractivity contribution in [3.05, 3.63) is 71.8 Å². The quantitative estimate of drug-likeness (QED) is 0.236. The fraction of sp³-hybridized carbons (Fsp3) is 0.267. The molecule has 0 amide bonds. The second kappa shape index (κ2) is 8.17. The summed E-state index contributed by atoms with van der Waals surface area (Å²) in [7, 11) is 0. The Morgan fingerprint density at radius 2 is 0.906 bits per heavy atom. The molecular formula is C30H28S2. The van der Waals surface area contributed by atoms with Gasteiger partial charge in [0.2, 0.25) is 0 Å². The van der Waals surface area contributed by atoms with E-state index >= 15 is 0 Å². The molecule has 0 N–H and O–H groups in total. The fourth-order valence-electron chi connectivity index (χ4n) is 5.04. The molecule has 6 aromatic rings. The van der Waals surface area contributed by atoms with E-state index in [1.54, 1.807) is 0 Å².